The first-order valence-corrected chi connectivity index (χ1v) is 11.3. The quantitative estimate of drug-likeness (QED) is 0.794. The molecule has 1 unspecified atom stereocenters. The molecule has 28 heavy (non-hydrogen) atoms. The van der Waals surface area contributed by atoms with Crippen molar-refractivity contribution in [2.75, 3.05) is 44.7 Å². The summed E-state index contributed by atoms with van der Waals surface area (Å²) in [6.45, 7) is 9.56. The highest BCUT2D eigenvalue weighted by molar-refractivity contribution is 7.18. The summed E-state index contributed by atoms with van der Waals surface area (Å²) < 4.78 is 0. The highest BCUT2D eigenvalue weighted by Crippen LogP contribution is 2.45. The number of hydrogen-bond donors (Lipinski definition) is 0. The van der Waals surface area contributed by atoms with Gasteiger partial charge in [0.15, 0.2) is 0 Å². The number of fused-ring (bicyclic) bond motifs is 2. The third-order valence-electron chi connectivity index (χ3n) is 7.08. The second kappa shape index (κ2) is 6.66. The molecule has 3 aliphatic heterocycles. The molecule has 5 rings (SSSR count). The van der Waals surface area contributed by atoms with E-state index in [1.165, 1.54) is 10.3 Å². The molecular weight excluding hydrogens is 370 g/mol. The van der Waals surface area contributed by atoms with Gasteiger partial charge in [-0.05, 0) is 31.2 Å². The predicted octanol–water partition coefficient (Wildman–Crippen LogP) is 2.63. The van der Waals surface area contributed by atoms with Crippen LogP contribution in [0.3, 0.4) is 0 Å². The van der Waals surface area contributed by atoms with Crippen LogP contribution in [0.15, 0.2) is 12.4 Å². The normalized spacial score (nSPS) is 31.2. The first kappa shape index (κ1) is 18.3. The van der Waals surface area contributed by atoms with Crippen LogP contribution in [0.4, 0.5) is 5.82 Å². The first-order chi connectivity index (χ1) is 13.5. The lowest BCUT2D eigenvalue weighted by Crippen LogP contribution is -2.51. The van der Waals surface area contributed by atoms with E-state index in [-0.39, 0.29) is 11.5 Å². The fourth-order valence-electron chi connectivity index (χ4n) is 5.45. The summed E-state index contributed by atoms with van der Waals surface area (Å²) in [7, 11) is 1.95. The van der Waals surface area contributed by atoms with Gasteiger partial charge >= 0.3 is 0 Å². The molecule has 0 spiro atoms. The number of rotatable bonds is 3. The van der Waals surface area contributed by atoms with Gasteiger partial charge in [-0.15, -0.1) is 11.3 Å². The molecular formula is C21H29N5OS. The Morgan fingerprint density at radius 2 is 2.14 bits per heavy atom. The summed E-state index contributed by atoms with van der Waals surface area (Å²) in [6.07, 6.45) is 4.89. The number of likely N-dealkylation sites (tertiary alicyclic amines) is 2. The zero-order chi connectivity index (χ0) is 19.5. The van der Waals surface area contributed by atoms with E-state index < -0.39 is 0 Å². The monoisotopic (exact) mass is 399 g/mol. The number of hydrogen-bond acceptors (Lipinski definition) is 6. The summed E-state index contributed by atoms with van der Waals surface area (Å²) >= 11 is 1.78. The maximum Gasteiger partial charge on any atom is 0.239 e. The van der Waals surface area contributed by atoms with Crippen molar-refractivity contribution in [2.24, 2.45) is 11.3 Å². The van der Waals surface area contributed by atoms with Crippen LogP contribution in [-0.4, -0.2) is 71.5 Å². The summed E-state index contributed by atoms with van der Waals surface area (Å²) in [6, 6.07) is 2.36. The lowest BCUT2D eigenvalue weighted by molar-refractivity contribution is -0.138. The zero-order valence-corrected chi connectivity index (χ0v) is 17.8. The van der Waals surface area contributed by atoms with Gasteiger partial charge in [0.2, 0.25) is 5.91 Å². The standard InChI is InChI=1S/C21H29N5OS/c1-4-15-8-16-18(22-13-23-19(16)28-15)26-10-14-9-25(11-21(14,2)12-26)17-6-5-7-24(3)20(17)27/h8,13-14,17H,4-7,9-12H2,1-3H3/t14-,17?,21+/m0/s1. The third kappa shape index (κ3) is 2.82. The molecule has 6 nitrogen and oxygen atoms in total. The van der Waals surface area contributed by atoms with E-state index in [4.69, 9.17) is 0 Å². The topological polar surface area (TPSA) is 52.6 Å². The van der Waals surface area contributed by atoms with Crippen LogP contribution in [0.5, 0.6) is 0 Å². The second-order valence-electron chi connectivity index (χ2n) is 9.06. The number of anilines is 1. The van der Waals surface area contributed by atoms with Crippen LogP contribution >= 0.6 is 11.3 Å². The van der Waals surface area contributed by atoms with Crippen LogP contribution < -0.4 is 4.90 Å². The number of carbonyl (C=O) groups excluding carboxylic acids is 1. The molecule has 0 bridgehead atoms. The molecule has 0 aliphatic carbocycles. The lowest BCUT2D eigenvalue weighted by Gasteiger charge is -2.36. The Labute approximate surface area is 170 Å². The molecule has 0 radical (unpaired) electrons. The van der Waals surface area contributed by atoms with E-state index in [1.807, 2.05) is 11.9 Å². The van der Waals surface area contributed by atoms with Crippen molar-refractivity contribution in [3.8, 4) is 0 Å². The van der Waals surface area contributed by atoms with Gasteiger partial charge in [-0.25, -0.2) is 9.97 Å². The Balaban J connectivity index is 1.36. The largest absolute Gasteiger partial charge is 0.355 e. The van der Waals surface area contributed by atoms with Crippen molar-refractivity contribution in [2.45, 2.75) is 39.2 Å². The maximum absolute atomic E-state index is 12.7. The molecule has 1 amide bonds. The van der Waals surface area contributed by atoms with Gasteiger partial charge < -0.3 is 9.80 Å². The second-order valence-corrected chi connectivity index (χ2v) is 10.2. The molecule has 2 aromatic rings. The Kier molecular flexibility index (Phi) is 4.36. The fourth-order valence-corrected chi connectivity index (χ4v) is 6.38. The number of amides is 1. The summed E-state index contributed by atoms with van der Waals surface area (Å²) in [5.41, 5.74) is 0.219. The van der Waals surface area contributed by atoms with E-state index in [1.54, 1.807) is 17.7 Å². The number of aromatic nitrogens is 2. The summed E-state index contributed by atoms with van der Waals surface area (Å²) in [5, 5.41) is 1.20. The molecule has 0 saturated carbocycles. The Morgan fingerprint density at radius 1 is 1.29 bits per heavy atom. The van der Waals surface area contributed by atoms with Gasteiger partial charge in [0, 0.05) is 50.1 Å². The Bertz CT molecular complexity index is 913. The van der Waals surface area contributed by atoms with Gasteiger partial charge in [-0.2, -0.15) is 0 Å². The van der Waals surface area contributed by atoms with E-state index in [9.17, 15) is 4.79 Å². The van der Waals surface area contributed by atoms with Crippen molar-refractivity contribution in [3.05, 3.63) is 17.3 Å². The van der Waals surface area contributed by atoms with Crippen molar-refractivity contribution in [1.29, 1.82) is 0 Å². The average Bonchev–Trinajstić information content (AvgIpc) is 3.32. The third-order valence-corrected chi connectivity index (χ3v) is 8.27. The van der Waals surface area contributed by atoms with Crippen LogP contribution in [0, 0.1) is 11.3 Å². The highest BCUT2D eigenvalue weighted by atomic mass is 32.1. The van der Waals surface area contributed by atoms with Gasteiger partial charge in [0.1, 0.15) is 17.0 Å². The fraction of sp³-hybridized carbons (Fsp3) is 0.667. The van der Waals surface area contributed by atoms with E-state index in [0.717, 1.165) is 62.6 Å². The molecule has 3 saturated heterocycles. The van der Waals surface area contributed by atoms with Crippen molar-refractivity contribution >= 4 is 33.3 Å². The van der Waals surface area contributed by atoms with Crippen molar-refractivity contribution < 1.29 is 4.79 Å². The minimum absolute atomic E-state index is 0.0874. The molecule has 0 N–H and O–H groups in total. The number of likely N-dealkylation sites (N-methyl/N-ethyl adjacent to an activating group) is 1. The van der Waals surface area contributed by atoms with E-state index >= 15 is 0 Å². The summed E-state index contributed by atoms with van der Waals surface area (Å²) in [4.78, 5) is 31.1. The highest BCUT2D eigenvalue weighted by Gasteiger charge is 2.52. The zero-order valence-electron chi connectivity index (χ0n) is 17.0. The molecule has 7 heteroatoms. The summed E-state index contributed by atoms with van der Waals surface area (Å²) in [5.74, 6) is 1.99. The SMILES string of the molecule is CCc1cc2c(N3C[C@@H]4CN(C5CCCN(C)C5=O)C[C@]4(C)C3)ncnc2s1. The predicted molar refractivity (Wildman–Crippen MR) is 113 cm³/mol. The average molecular weight is 400 g/mol. The minimum atomic E-state index is 0.0874. The number of carbonyl (C=O) groups is 1. The number of nitrogens with zero attached hydrogens (tertiary/aromatic N) is 5. The van der Waals surface area contributed by atoms with Crippen molar-refractivity contribution in [3.63, 3.8) is 0 Å². The van der Waals surface area contributed by atoms with Crippen LogP contribution in [-0.2, 0) is 11.2 Å². The van der Waals surface area contributed by atoms with E-state index in [2.05, 4.69) is 39.7 Å². The molecule has 5 heterocycles. The van der Waals surface area contributed by atoms with Gasteiger partial charge in [0.25, 0.3) is 0 Å². The van der Waals surface area contributed by atoms with Gasteiger partial charge in [-0.1, -0.05) is 13.8 Å². The molecule has 150 valence electrons. The molecule has 3 atom stereocenters. The van der Waals surface area contributed by atoms with Crippen molar-refractivity contribution in [1.82, 2.24) is 19.8 Å². The van der Waals surface area contributed by atoms with Gasteiger partial charge in [0.05, 0.1) is 11.4 Å². The van der Waals surface area contributed by atoms with E-state index in [0.29, 0.717) is 11.8 Å². The van der Waals surface area contributed by atoms with Crippen LogP contribution in [0.1, 0.15) is 31.6 Å². The minimum Gasteiger partial charge on any atom is -0.355 e. The number of piperidine rings is 1. The maximum atomic E-state index is 12.7. The van der Waals surface area contributed by atoms with Gasteiger partial charge in [-0.3, -0.25) is 9.69 Å². The molecule has 3 fully saturated rings. The Hall–Kier alpha value is -1.73. The number of thiophene rings is 1. The Morgan fingerprint density at radius 3 is 2.93 bits per heavy atom. The smallest absolute Gasteiger partial charge is 0.239 e. The molecule has 2 aromatic heterocycles. The van der Waals surface area contributed by atoms with Crippen LogP contribution in [0.25, 0.3) is 10.2 Å². The molecule has 0 aromatic carbocycles. The van der Waals surface area contributed by atoms with Crippen LogP contribution in [0.2, 0.25) is 0 Å². The lowest BCUT2D eigenvalue weighted by atomic mass is 9.83. The first-order valence-electron chi connectivity index (χ1n) is 10.5. The molecule has 3 aliphatic rings. The number of aryl methyl sites for hydroxylation is 1.